The summed E-state index contributed by atoms with van der Waals surface area (Å²) in [7, 11) is 0. The van der Waals surface area contributed by atoms with Gasteiger partial charge in [-0.1, -0.05) is 79.9 Å². The number of halogens is 2. The summed E-state index contributed by atoms with van der Waals surface area (Å²) < 4.78 is 27.7. The maximum absolute atomic E-state index is 13.9. The third-order valence-corrected chi connectivity index (χ3v) is 7.67. The normalized spacial score (nSPS) is 15.1. The summed E-state index contributed by atoms with van der Waals surface area (Å²) in [6.07, 6.45) is 7.27. The lowest BCUT2D eigenvalue weighted by Crippen LogP contribution is -2.30. The SMILES string of the molecule is Nc1ccc(Cc2ccc(C3(c4ccc(Cc5ccc(N)c(F)c5)cc4)CCCCC3)cc2)cc1F. The number of anilines is 2. The van der Waals surface area contributed by atoms with Gasteiger partial charge in [0.15, 0.2) is 0 Å². The molecule has 0 saturated heterocycles. The van der Waals surface area contributed by atoms with E-state index in [-0.39, 0.29) is 28.4 Å². The van der Waals surface area contributed by atoms with Crippen molar-refractivity contribution in [1.29, 1.82) is 0 Å². The molecule has 0 amide bonds. The monoisotopic (exact) mass is 482 g/mol. The van der Waals surface area contributed by atoms with Crippen molar-refractivity contribution in [3.63, 3.8) is 0 Å². The quantitative estimate of drug-likeness (QED) is 0.279. The highest BCUT2D eigenvalue weighted by molar-refractivity contribution is 5.46. The minimum atomic E-state index is -0.366. The molecule has 0 heterocycles. The third kappa shape index (κ3) is 4.99. The molecule has 36 heavy (non-hydrogen) atoms. The average Bonchev–Trinajstić information content (AvgIpc) is 2.90. The molecule has 0 aliphatic heterocycles. The third-order valence-electron chi connectivity index (χ3n) is 7.67. The van der Waals surface area contributed by atoms with Gasteiger partial charge >= 0.3 is 0 Å². The molecule has 1 aliphatic carbocycles. The molecule has 0 spiro atoms. The Morgan fingerprint density at radius 2 is 0.917 bits per heavy atom. The maximum atomic E-state index is 13.9. The molecule has 0 radical (unpaired) electrons. The number of hydrogen-bond acceptors (Lipinski definition) is 2. The molecule has 4 aromatic rings. The van der Waals surface area contributed by atoms with E-state index in [9.17, 15) is 8.78 Å². The van der Waals surface area contributed by atoms with Crippen LogP contribution in [0.3, 0.4) is 0 Å². The van der Waals surface area contributed by atoms with E-state index in [4.69, 9.17) is 11.5 Å². The van der Waals surface area contributed by atoms with Crippen LogP contribution >= 0.6 is 0 Å². The molecule has 0 unspecified atom stereocenters. The lowest BCUT2D eigenvalue weighted by Gasteiger charge is -2.39. The molecule has 0 atom stereocenters. The van der Waals surface area contributed by atoms with Crippen LogP contribution in [0.2, 0.25) is 0 Å². The van der Waals surface area contributed by atoms with E-state index in [1.807, 2.05) is 12.1 Å². The van der Waals surface area contributed by atoms with Crippen LogP contribution < -0.4 is 11.5 Å². The first kappa shape index (κ1) is 24.1. The Hall–Kier alpha value is -3.66. The second-order valence-electron chi connectivity index (χ2n) is 10.1. The molecule has 1 saturated carbocycles. The van der Waals surface area contributed by atoms with E-state index >= 15 is 0 Å². The van der Waals surface area contributed by atoms with Crippen LogP contribution in [0.5, 0.6) is 0 Å². The minimum Gasteiger partial charge on any atom is -0.396 e. The number of rotatable bonds is 6. The number of hydrogen-bond donors (Lipinski definition) is 2. The highest BCUT2D eigenvalue weighted by Crippen LogP contribution is 2.45. The van der Waals surface area contributed by atoms with Crippen LogP contribution in [0.15, 0.2) is 84.9 Å². The van der Waals surface area contributed by atoms with Crippen LogP contribution in [0, 0.1) is 11.6 Å². The molecule has 4 N–H and O–H groups in total. The molecular formula is C32H32F2N2. The van der Waals surface area contributed by atoms with E-state index < -0.39 is 0 Å². The van der Waals surface area contributed by atoms with E-state index in [0.29, 0.717) is 12.8 Å². The van der Waals surface area contributed by atoms with Gasteiger partial charge in [-0.15, -0.1) is 0 Å². The van der Waals surface area contributed by atoms with Crippen LogP contribution in [-0.4, -0.2) is 0 Å². The first-order valence-corrected chi connectivity index (χ1v) is 12.7. The van der Waals surface area contributed by atoms with Crippen molar-refractivity contribution >= 4 is 11.4 Å². The Morgan fingerprint density at radius 3 is 1.31 bits per heavy atom. The van der Waals surface area contributed by atoms with Gasteiger partial charge in [0, 0.05) is 5.41 Å². The van der Waals surface area contributed by atoms with E-state index in [2.05, 4.69) is 48.5 Å². The van der Waals surface area contributed by atoms with Gasteiger partial charge in [0.2, 0.25) is 0 Å². The molecule has 1 fully saturated rings. The van der Waals surface area contributed by atoms with Gasteiger partial charge in [-0.25, -0.2) is 8.78 Å². The van der Waals surface area contributed by atoms with Gasteiger partial charge in [-0.3, -0.25) is 0 Å². The van der Waals surface area contributed by atoms with Gasteiger partial charge in [0.25, 0.3) is 0 Å². The molecule has 184 valence electrons. The molecule has 1 aliphatic rings. The Bertz CT molecular complexity index is 1240. The van der Waals surface area contributed by atoms with Crippen molar-refractivity contribution in [2.24, 2.45) is 0 Å². The largest absolute Gasteiger partial charge is 0.396 e. The summed E-state index contributed by atoms with van der Waals surface area (Å²) in [5.41, 5.74) is 18.4. The predicted molar refractivity (Wildman–Crippen MR) is 144 cm³/mol. The fourth-order valence-corrected chi connectivity index (χ4v) is 5.62. The van der Waals surface area contributed by atoms with Gasteiger partial charge < -0.3 is 11.5 Å². The Balaban J connectivity index is 1.38. The van der Waals surface area contributed by atoms with Gasteiger partial charge in [0.1, 0.15) is 11.6 Å². The average molecular weight is 483 g/mol. The zero-order valence-corrected chi connectivity index (χ0v) is 20.4. The summed E-state index contributed by atoms with van der Waals surface area (Å²) in [5.74, 6) is -0.731. The van der Waals surface area contributed by atoms with Crippen molar-refractivity contribution in [3.05, 3.63) is 130 Å². The highest BCUT2D eigenvalue weighted by atomic mass is 19.1. The Labute approximate surface area is 212 Å². The predicted octanol–water partition coefficient (Wildman–Crippen LogP) is 7.56. The van der Waals surface area contributed by atoms with Crippen LogP contribution in [-0.2, 0) is 18.3 Å². The molecular weight excluding hydrogens is 450 g/mol. The second-order valence-corrected chi connectivity index (χ2v) is 10.1. The topological polar surface area (TPSA) is 52.0 Å². The zero-order chi connectivity index (χ0) is 25.1. The molecule has 0 bridgehead atoms. The van der Waals surface area contributed by atoms with E-state index in [0.717, 1.165) is 35.1 Å². The van der Waals surface area contributed by atoms with Crippen molar-refractivity contribution in [1.82, 2.24) is 0 Å². The highest BCUT2D eigenvalue weighted by Gasteiger charge is 2.35. The van der Waals surface area contributed by atoms with E-state index in [1.165, 1.54) is 42.5 Å². The molecule has 2 nitrogen and oxygen atoms in total. The van der Waals surface area contributed by atoms with Crippen molar-refractivity contribution in [2.75, 3.05) is 11.5 Å². The summed E-state index contributed by atoms with van der Waals surface area (Å²) in [4.78, 5) is 0. The van der Waals surface area contributed by atoms with Crippen LogP contribution in [0.25, 0.3) is 0 Å². The molecule has 4 aromatic carbocycles. The van der Waals surface area contributed by atoms with Crippen molar-refractivity contribution in [3.8, 4) is 0 Å². The summed E-state index contributed by atoms with van der Waals surface area (Å²) in [6.45, 7) is 0. The summed E-state index contributed by atoms with van der Waals surface area (Å²) >= 11 is 0. The lowest BCUT2D eigenvalue weighted by molar-refractivity contribution is 0.346. The molecule has 0 aromatic heterocycles. The fourth-order valence-electron chi connectivity index (χ4n) is 5.62. The number of nitrogen functional groups attached to an aromatic ring is 2. The first-order valence-electron chi connectivity index (χ1n) is 12.7. The summed E-state index contributed by atoms with van der Waals surface area (Å²) in [6, 6.07) is 27.7. The van der Waals surface area contributed by atoms with Gasteiger partial charge in [-0.05, 0) is 83.3 Å². The Morgan fingerprint density at radius 1 is 0.528 bits per heavy atom. The minimum absolute atomic E-state index is 0.00405. The van der Waals surface area contributed by atoms with Gasteiger partial charge in [-0.2, -0.15) is 0 Å². The fraction of sp³-hybridized carbons (Fsp3) is 0.250. The molecule has 4 heteroatoms. The van der Waals surface area contributed by atoms with Crippen LogP contribution in [0.1, 0.15) is 65.5 Å². The van der Waals surface area contributed by atoms with Crippen molar-refractivity contribution in [2.45, 2.75) is 50.4 Å². The smallest absolute Gasteiger partial charge is 0.146 e. The van der Waals surface area contributed by atoms with Crippen molar-refractivity contribution < 1.29 is 8.78 Å². The first-order chi connectivity index (χ1) is 17.4. The van der Waals surface area contributed by atoms with Gasteiger partial charge in [0.05, 0.1) is 11.4 Å². The van der Waals surface area contributed by atoms with E-state index in [1.54, 1.807) is 12.1 Å². The zero-order valence-electron chi connectivity index (χ0n) is 20.4. The summed E-state index contributed by atoms with van der Waals surface area (Å²) in [5, 5.41) is 0. The second kappa shape index (κ2) is 10.1. The Kier molecular flexibility index (Phi) is 6.77. The molecule has 5 rings (SSSR count). The maximum Gasteiger partial charge on any atom is 0.146 e. The van der Waals surface area contributed by atoms with Crippen LogP contribution in [0.4, 0.5) is 20.2 Å². The lowest BCUT2D eigenvalue weighted by atomic mass is 9.65. The number of nitrogens with two attached hydrogens (primary N) is 2. The standard InChI is InChI=1S/C32H32F2N2/c33-28-20-24(8-14-30(28)35)18-22-4-10-26(11-5-22)32(16-2-1-3-17-32)27-12-6-23(7-13-27)19-25-9-15-31(36)29(34)21-25/h4-15,20-21H,1-3,16-19,35-36H2. The number of benzene rings is 4.